The second kappa shape index (κ2) is 12.5. The SMILES string of the molecule is Cc1ccc(Nc2ccnc(Nc3ccc(S(=O)(=O)N(C)C4CCC(NCc5ccccn5)CC4)cc3)n2)cc1. The highest BCUT2D eigenvalue weighted by Crippen LogP contribution is 2.28. The summed E-state index contributed by atoms with van der Waals surface area (Å²) in [6.45, 7) is 2.77. The summed E-state index contributed by atoms with van der Waals surface area (Å²) in [7, 11) is -1.92. The van der Waals surface area contributed by atoms with Crippen LogP contribution < -0.4 is 16.0 Å². The quantitative estimate of drug-likeness (QED) is 0.238. The van der Waals surface area contributed by atoms with Crippen LogP contribution in [0.2, 0.25) is 0 Å². The zero-order valence-corrected chi connectivity index (χ0v) is 23.6. The van der Waals surface area contributed by atoms with Crippen molar-refractivity contribution in [2.75, 3.05) is 17.7 Å². The number of nitrogens with one attached hydrogen (secondary N) is 3. The number of pyridine rings is 1. The predicted octanol–water partition coefficient (Wildman–Crippen LogP) is 5.39. The summed E-state index contributed by atoms with van der Waals surface area (Å²) in [5, 5.41) is 9.98. The minimum atomic E-state index is -3.61. The van der Waals surface area contributed by atoms with E-state index >= 15 is 0 Å². The summed E-state index contributed by atoms with van der Waals surface area (Å²) in [6.07, 6.45) is 6.96. The lowest BCUT2D eigenvalue weighted by molar-refractivity contribution is 0.248. The highest BCUT2D eigenvalue weighted by atomic mass is 32.2. The lowest BCUT2D eigenvalue weighted by Crippen LogP contribution is -2.43. The van der Waals surface area contributed by atoms with Crippen molar-refractivity contribution in [2.45, 2.75) is 56.1 Å². The molecule has 1 fully saturated rings. The maximum Gasteiger partial charge on any atom is 0.243 e. The van der Waals surface area contributed by atoms with E-state index in [1.54, 1.807) is 49.8 Å². The zero-order valence-electron chi connectivity index (χ0n) is 22.8. The van der Waals surface area contributed by atoms with Gasteiger partial charge >= 0.3 is 0 Å². The molecule has 2 aromatic carbocycles. The van der Waals surface area contributed by atoms with Gasteiger partial charge in [-0.2, -0.15) is 9.29 Å². The highest BCUT2D eigenvalue weighted by Gasteiger charge is 2.31. The minimum absolute atomic E-state index is 0.0205. The Labute approximate surface area is 236 Å². The maximum atomic E-state index is 13.4. The number of sulfonamides is 1. The molecule has 0 spiro atoms. The summed E-state index contributed by atoms with van der Waals surface area (Å²) in [5.41, 5.74) is 3.83. The smallest absolute Gasteiger partial charge is 0.243 e. The zero-order chi connectivity index (χ0) is 28.0. The number of anilines is 4. The van der Waals surface area contributed by atoms with Crippen molar-refractivity contribution in [3.8, 4) is 0 Å². The third kappa shape index (κ3) is 7.01. The first kappa shape index (κ1) is 27.7. The lowest BCUT2D eigenvalue weighted by Gasteiger charge is -2.34. The molecule has 3 N–H and O–H groups in total. The number of nitrogens with zero attached hydrogens (tertiary/aromatic N) is 4. The van der Waals surface area contributed by atoms with E-state index < -0.39 is 10.0 Å². The number of aromatic nitrogens is 3. The Morgan fingerprint density at radius 1 is 0.825 bits per heavy atom. The van der Waals surface area contributed by atoms with E-state index in [1.165, 1.54) is 9.87 Å². The van der Waals surface area contributed by atoms with Gasteiger partial charge in [-0.3, -0.25) is 4.98 Å². The molecule has 1 saturated carbocycles. The van der Waals surface area contributed by atoms with Crippen molar-refractivity contribution in [3.05, 3.63) is 96.4 Å². The van der Waals surface area contributed by atoms with Gasteiger partial charge in [0.15, 0.2) is 0 Å². The van der Waals surface area contributed by atoms with Gasteiger partial charge in [0, 0.05) is 49.4 Å². The first-order valence-electron chi connectivity index (χ1n) is 13.5. The van der Waals surface area contributed by atoms with E-state index in [2.05, 4.69) is 30.9 Å². The average molecular weight is 558 g/mol. The minimum Gasteiger partial charge on any atom is -0.340 e. The molecule has 208 valence electrons. The number of hydrogen-bond acceptors (Lipinski definition) is 8. The molecule has 0 unspecified atom stereocenters. The summed E-state index contributed by atoms with van der Waals surface area (Å²) >= 11 is 0. The van der Waals surface area contributed by atoms with Crippen LogP contribution in [0, 0.1) is 6.92 Å². The van der Waals surface area contributed by atoms with Gasteiger partial charge in [-0.25, -0.2) is 13.4 Å². The van der Waals surface area contributed by atoms with Gasteiger partial charge in [0.25, 0.3) is 0 Å². The lowest BCUT2D eigenvalue weighted by atomic mass is 9.91. The van der Waals surface area contributed by atoms with Gasteiger partial charge in [-0.1, -0.05) is 23.8 Å². The monoisotopic (exact) mass is 557 g/mol. The van der Waals surface area contributed by atoms with Gasteiger partial charge in [0.05, 0.1) is 10.6 Å². The average Bonchev–Trinajstić information content (AvgIpc) is 2.98. The number of rotatable bonds is 10. The molecule has 10 heteroatoms. The molecule has 9 nitrogen and oxygen atoms in total. The van der Waals surface area contributed by atoms with E-state index in [9.17, 15) is 8.42 Å². The van der Waals surface area contributed by atoms with Crippen molar-refractivity contribution in [1.82, 2.24) is 24.6 Å². The van der Waals surface area contributed by atoms with Crippen LogP contribution in [0.4, 0.5) is 23.1 Å². The second-order valence-electron chi connectivity index (χ2n) is 10.1. The topological polar surface area (TPSA) is 112 Å². The van der Waals surface area contributed by atoms with E-state index in [1.807, 2.05) is 49.4 Å². The van der Waals surface area contributed by atoms with Crippen LogP contribution in [-0.4, -0.2) is 46.8 Å². The number of benzene rings is 2. The normalized spacial score (nSPS) is 17.5. The van der Waals surface area contributed by atoms with E-state index in [-0.39, 0.29) is 10.9 Å². The molecule has 2 heterocycles. The molecule has 2 aromatic heterocycles. The van der Waals surface area contributed by atoms with Crippen LogP contribution >= 0.6 is 0 Å². The Hall–Kier alpha value is -3.86. The largest absolute Gasteiger partial charge is 0.340 e. The van der Waals surface area contributed by atoms with Gasteiger partial charge in [0.1, 0.15) is 5.82 Å². The summed E-state index contributed by atoms with van der Waals surface area (Å²) in [5.74, 6) is 1.07. The van der Waals surface area contributed by atoms with Crippen LogP contribution in [0.25, 0.3) is 0 Å². The Morgan fingerprint density at radius 2 is 1.52 bits per heavy atom. The fourth-order valence-corrected chi connectivity index (χ4v) is 6.29. The first-order chi connectivity index (χ1) is 19.4. The molecule has 0 amide bonds. The van der Waals surface area contributed by atoms with E-state index in [0.29, 0.717) is 23.5 Å². The first-order valence-corrected chi connectivity index (χ1v) is 15.0. The standard InChI is InChI=1S/C30H35N7O2S/c1-22-6-8-24(9-7-22)34-29-18-20-32-30(36-29)35-25-12-16-28(17-13-25)40(38,39)37(2)27-14-10-23(11-15-27)33-21-26-5-3-4-19-31-26/h3-9,12-13,16-20,23,27,33H,10-11,14-15,21H2,1-2H3,(H2,32,34,35,36). The molecular formula is C30H35N7O2S. The van der Waals surface area contributed by atoms with Crippen LogP contribution in [0.5, 0.6) is 0 Å². The summed E-state index contributed by atoms with van der Waals surface area (Å²) < 4.78 is 28.3. The number of aryl methyl sites for hydroxylation is 1. The third-order valence-corrected chi connectivity index (χ3v) is 9.20. The van der Waals surface area contributed by atoms with Gasteiger partial charge in [-0.15, -0.1) is 0 Å². The Morgan fingerprint density at radius 3 is 2.23 bits per heavy atom. The Bertz CT molecular complexity index is 1490. The molecule has 5 rings (SSSR count). The van der Waals surface area contributed by atoms with Crippen molar-refractivity contribution in [3.63, 3.8) is 0 Å². The molecule has 0 radical (unpaired) electrons. The number of hydrogen-bond donors (Lipinski definition) is 3. The van der Waals surface area contributed by atoms with Crippen molar-refractivity contribution < 1.29 is 8.42 Å². The molecule has 0 saturated heterocycles. The molecule has 4 aromatic rings. The molecule has 40 heavy (non-hydrogen) atoms. The van der Waals surface area contributed by atoms with Crippen molar-refractivity contribution >= 4 is 33.2 Å². The van der Waals surface area contributed by atoms with Crippen LogP contribution in [-0.2, 0) is 16.6 Å². The molecular weight excluding hydrogens is 522 g/mol. The van der Waals surface area contributed by atoms with E-state index in [4.69, 9.17) is 0 Å². The fraction of sp³-hybridized carbons (Fsp3) is 0.300. The second-order valence-corrected chi connectivity index (χ2v) is 12.1. The third-order valence-electron chi connectivity index (χ3n) is 7.28. The summed E-state index contributed by atoms with van der Waals surface area (Å²) in [6, 6.07) is 22.8. The van der Waals surface area contributed by atoms with Gasteiger partial charge < -0.3 is 16.0 Å². The highest BCUT2D eigenvalue weighted by molar-refractivity contribution is 7.89. The van der Waals surface area contributed by atoms with Crippen LogP contribution in [0.1, 0.15) is 36.9 Å². The molecule has 1 aliphatic rings. The molecule has 0 atom stereocenters. The Balaban J connectivity index is 1.15. The molecule has 1 aliphatic carbocycles. The van der Waals surface area contributed by atoms with Crippen molar-refractivity contribution in [2.24, 2.45) is 0 Å². The Kier molecular flexibility index (Phi) is 8.69. The maximum absolute atomic E-state index is 13.4. The van der Waals surface area contributed by atoms with Crippen molar-refractivity contribution in [1.29, 1.82) is 0 Å². The van der Waals surface area contributed by atoms with Gasteiger partial charge in [-0.05, 0) is 87.2 Å². The van der Waals surface area contributed by atoms with Crippen LogP contribution in [0.3, 0.4) is 0 Å². The van der Waals surface area contributed by atoms with Gasteiger partial charge in [0.2, 0.25) is 16.0 Å². The fourth-order valence-electron chi connectivity index (χ4n) is 4.87. The molecule has 0 bridgehead atoms. The van der Waals surface area contributed by atoms with E-state index in [0.717, 1.165) is 43.6 Å². The molecule has 0 aliphatic heterocycles. The summed E-state index contributed by atoms with van der Waals surface area (Å²) in [4.78, 5) is 13.4. The van der Waals surface area contributed by atoms with Crippen LogP contribution in [0.15, 0.2) is 90.1 Å². The predicted molar refractivity (Wildman–Crippen MR) is 158 cm³/mol.